The van der Waals surface area contributed by atoms with E-state index in [9.17, 15) is 14.0 Å². The molecule has 0 bridgehead atoms. The summed E-state index contributed by atoms with van der Waals surface area (Å²) in [5.74, 6) is -0.893. The minimum Gasteiger partial charge on any atom is -0.479 e. The maximum atomic E-state index is 14.1. The highest BCUT2D eigenvalue weighted by atomic mass is 35.5. The van der Waals surface area contributed by atoms with Crippen LogP contribution in [0.5, 0.6) is 5.75 Å². The van der Waals surface area contributed by atoms with Crippen LogP contribution in [0.4, 0.5) is 15.8 Å². The second-order valence-electron chi connectivity index (χ2n) is 7.89. The Balaban J connectivity index is 1.55. The van der Waals surface area contributed by atoms with Crippen LogP contribution >= 0.6 is 11.6 Å². The number of piperidine rings is 1. The molecule has 2 aromatic carbocycles. The summed E-state index contributed by atoms with van der Waals surface area (Å²) in [6.07, 6.45) is 3.03. The van der Waals surface area contributed by atoms with Gasteiger partial charge in [0.15, 0.2) is 6.10 Å². The monoisotopic (exact) mass is 445 g/mol. The fourth-order valence-electron chi connectivity index (χ4n) is 4.05. The van der Waals surface area contributed by atoms with E-state index in [4.69, 9.17) is 16.3 Å². The second kappa shape index (κ2) is 9.24. The number of nitrogens with one attached hydrogen (secondary N) is 1. The van der Waals surface area contributed by atoms with Crippen molar-refractivity contribution in [1.82, 2.24) is 4.90 Å². The van der Waals surface area contributed by atoms with Gasteiger partial charge in [0.2, 0.25) is 0 Å². The van der Waals surface area contributed by atoms with Gasteiger partial charge in [-0.2, -0.15) is 0 Å². The third-order valence-electron chi connectivity index (χ3n) is 5.70. The molecule has 1 N–H and O–H groups in total. The van der Waals surface area contributed by atoms with Crippen LogP contribution in [-0.2, 0) is 4.79 Å². The first kappa shape index (κ1) is 21.6. The van der Waals surface area contributed by atoms with Crippen LogP contribution in [0.25, 0.3) is 0 Å². The van der Waals surface area contributed by atoms with E-state index in [1.165, 1.54) is 37.5 Å². The average Bonchev–Trinajstić information content (AvgIpc) is 2.75. The Kier molecular flexibility index (Phi) is 6.43. The summed E-state index contributed by atoms with van der Waals surface area (Å²) < 4.78 is 19.8. The second-order valence-corrected chi connectivity index (χ2v) is 8.29. The highest BCUT2D eigenvalue weighted by molar-refractivity contribution is 6.34. The standard InChI is InChI=1S/C23H25ClFN3O3/c1-15-23(30)28(13-12-27-10-3-2-4-11-27)19-14-16(8-9-20(19)31-15)26-22(29)21-17(24)6-5-7-18(21)25/h5-9,14-15H,2-4,10-13H2,1H3,(H,26,29). The van der Waals surface area contributed by atoms with Gasteiger partial charge in [0.05, 0.1) is 16.3 Å². The van der Waals surface area contributed by atoms with Crippen molar-refractivity contribution in [2.45, 2.75) is 32.3 Å². The van der Waals surface area contributed by atoms with Crippen molar-refractivity contribution in [3.8, 4) is 5.75 Å². The van der Waals surface area contributed by atoms with E-state index in [1.807, 2.05) is 0 Å². The minimum atomic E-state index is -0.696. The largest absolute Gasteiger partial charge is 0.479 e. The SMILES string of the molecule is CC1Oc2ccc(NC(=O)c3c(F)cccc3Cl)cc2N(CCN2CCCCC2)C1=O. The van der Waals surface area contributed by atoms with Crippen molar-refractivity contribution in [3.63, 3.8) is 0 Å². The van der Waals surface area contributed by atoms with E-state index in [1.54, 1.807) is 30.0 Å². The van der Waals surface area contributed by atoms with Crippen molar-refractivity contribution < 1.29 is 18.7 Å². The van der Waals surface area contributed by atoms with Gasteiger partial charge in [0.25, 0.3) is 11.8 Å². The predicted molar refractivity (Wildman–Crippen MR) is 119 cm³/mol. The maximum Gasteiger partial charge on any atom is 0.267 e. The van der Waals surface area contributed by atoms with Crippen molar-refractivity contribution in [1.29, 1.82) is 0 Å². The molecule has 0 aromatic heterocycles. The predicted octanol–water partition coefficient (Wildman–Crippen LogP) is 4.33. The molecule has 0 radical (unpaired) electrons. The summed E-state index contributed by atoms with van der Waals surface area (Å²) in [5.41, 5.74) is 0.805. The molecule has 6 nitrogen and oxygen atoms in total. The van der Waals surface area contributed by atoms with Crippen LogP contribution in [-0.4, -0.2) is 49.0 Å². The molecule has 2 aliphatic heterocycles. The molecular formula is C23H25ClFN3O3. The molecule has 2 aromatic rings. The van der Waals surface area contributed by atoms with Gasteiger partial charge in [-0.15, -0.1) is 0 Å². The van der Waals surface area contributed by atoms with Crippen LogP contribution in [0.1, 0.15) is 36.5 Å². The number of halogens is 2. The van der Waals surface area contributed by atoms with E-state index in [0.29, 0.717) is 23.7 Å². The van der Waals surface area contributed by atoms with E-state index in [-0.39, 0.29) is 16.5 Å². The van der Waals surface area contributed by atoms with E-state index in [2.05, 4.69) is 10.2 Å². The number of nitrogens with zero attached hydrogens (tertiary/aromatic N) is 2. The van der Waals surface area contributed by atoms with Gasteiger partial charge < -0.3 is 19.9 Å². The average molecular weight is 446 g/mol. The lowest BCUT2D eigenvalue weighted by Crippen LogP contribution is -2.48. The summed E-state index contributed by atoms with van der Waals surface area (Å²) in [6, 6.07) is 9.15. The molecule has 8 heteroatoms. The van der Waals surface area contributed by atoms with E-state index >= 15 is 0 Å². The van der Waals surface area contributed by atoms with Gasteiger partial charge in [-0.05, 0) is 63.2 Å². The molecular weight excluding hydrogens is 421 g/mol. The van der Waals surface area contributed by atoms with E-state index < -0.39 is 17.8 Å². The molecule has 2 heterocycles. The molecule has 164 valence electrons. The Labute approximate surface area is 185 Å². The van der Waals surface area contributed by atoms with Crippen LogP contribution in [0.3, 0.4) is 0 Å². The number of amides is 2. The number of likely N-dealkylation sites (tertiary alicyclic amines) is 1. The lowest BCUT2D eigenvalue weighted by Gasteiger charge is -2.35. The molecule has 0 aliphatic carbocycles. The first-order valence-corrected chi connectivity index (χ1v) is 10.9. The zero-order chi connectivity index (χ0) is 22.0. The molecule has 1 unspecified atom stereocenters. The minimum absolute atomic E-state index is 0.0333. The molecule has 4 rings (SSSR count). The number of carbonyl (C=O) groups excluding carboxylic acids is 2. The zero-order valence-corrected chi connectivity index (χ0v) is 18.1. The Morgan fingerprint density at radius 1 is 1.19 bits per heavy atom. The summed E-state index contributed by atoms with van der Waals surface area (Å²) >= 11 is 6.00. The van der Waals surface area contributed by atoms with Crippen molar-refractivity contribution in [3.05, 3.63) is 52.8 Å². The topological polar surface area (TPSA) is 61.9 Å². The van der Waals surface area contributed by atoms with Gasteiger partial charge in [0, 0.05) is 18.8 Å². The van der Waals surface area contributed by atoms with Crippen molar-refractivity contribution in [2.75, 3.05) is 36.4 Å². The highest BCUT2D eigenvalue weighted by Gasteiger charge is 2.32. The summed E-state index contributed by atoms with van der Waals surface area (Å²) in [4.78, 5) is 29.5. The van der Waals surface area contributed by atoms with Crippen molar-refractivity contribution >= 4 is 34.8 Å². The van der Waals surface area contributed by atoms with E-state index in [0.717, 1.165) is 19.6 Å². The van der Waals surface area contributed by atoms with Crippen LogP contribution in [0.15, 0.2) is 36.4 Å². The Morgan fingerprint density at radius 2 is 1.97 bits per heavy atom. The molecule has 2 amide bonds. The number of hydrogen-bond donors (Lipinski definition) is 1. The third-order valence-corrected chi connectivity index (χ3v) is 6.02. The normalized spacial score (nSPS) is 19.0. The summed E-state index contributed by atoms with van der Waals surface area (Å²) in [7, 11) is 0. The van der Waals surface area contributed by atoms with Crippen LogP contribution < -0.4 is 15.0 Å². The first-order valence-electron chi connectivity index (χ1n) is 10.5. The molecule has 1 atom stereocenters. The fraction of sp³-hybridized carbons (Fsp3) is 0.391. The summed E-state index contributed by atoms with van der Waals surface area (Å²) in [6.45, 7) is 5.13. The van der Waals surface area contributed by atoms with Crippen molar-refractivity contribution in [2.24, 2.45) is 0 Å². The number of anilines is 2. The zero-order valence-electron chi connectivity index (χ0n) is 17.4. The molecule has 0 spiro atoms. The molecule has 1 fully saturated rings. The quantitative estimate of drug-likeness (QED) is 0.744. The Hall–Kier alpha value is -2.64. The fourth-order valence-corrected chi connectivity index (χ4v) is 4.30. The smallest absolute Gasteiger partial charge is 0.267 e. The lowest BCUT2D eigenvalue weighted by molar-refractivity contribution is -0.125. The van der Waals surface area contributed by atoms with Gasteiger partial charge in [0.1, 0.15) is 11.6 Å². The number of hydrogen-bond acceptors (Lipinski definition) is 4. The van der Waals surface area contributed by atoms with Gasteiger partial charge in [-0.1, -0.05) is 24.1 Å². The van der Waals surface area contributed by atoms with Gasteiger partial charge in [-0.3, -0.25) is 9.59 Å². The maximum absolute atomic E-state index is 14.1. The number of fused-ring (bicyclic) bond motifs is 1. The number of rotatable bonds is 5. The Bertz CT molecular complexity index is 974. The molecule has 2 aliphatic rings. The number of benzene rings is 2. The Morgan fingerprint density at radius 3 is 2.71 bits per heavy atom. The van der Waals surface area contributed by atoms with Gasteiger partial charge in [-0.25, -0.2) is 4.39 Å². The number of carbonyl (C=O) groups is 2. The third kappa shape index (κ3) is 4.67. The van der Waals surface area contributed by atoms with Crippen LogP contribution in [0.2, 0.25) is 5.02 Å². The summed E-state index contributed by atoms with van der Waals surface area (Å²) in [5, 5.41) is 2.71. The van der Waals surface area contributed by atoms with Crippen LogP contribution in [0, 0.1) is 5.82 Å². The molecule has 31 heavy (non-hydrogen) atoms. The highest BCUT2D eigenvalue weighted by Crippen LogP contribution is 2.36. The molecule has 0 saturated carbocycles. The van der Waals surface area contributed by atoms with Gasteiger partial charge >= 0.3 is 0 Å². The number of ether oxygens (including phenoxy) is 1. The lowest BCUT2D eigenvalue weighted by atomic mass is 10.1. The first-order chi connectivity index (χ1) is 14.9. The molecule has 1 saturated heterocycles.